The summed E-state index contributed by atoms with van der Waals surface area (Å²) >= 11 is 0.850. The molecule has 0 bridgehead atoms. The van der Waals surface area contributed by atoms with Crippen molar-refractivity contribution in [1.82, 2.24) is 0 Å². The third-order valence-corrected chi connectivity index (χ3v) is 3.63. The quantitative estimate of drug-likeness (QED) is 0.512. The van der Waals surface area contributed by atoms with Gasteiger partial charge in [0.15, 0.2) is 0 Å². The fourth-order valence-corrected chi connectivity index (χ4v) is 1.80. The summed E-state index contributed by atoms with van der Waals surface area (Å²) in [5.74, 6) is 0.432. The standard InChI is InChI=1S/C4H9O3PS/c1-3-4-9-8(5,6)7-2/h3H,1,4H2,2H3,(H,5,6). The maximum absolute atomic E-state index is 10.6. The van der Waals surface area contributed by atoms with Crippen LogP contribution in [0.3, 0.4) is 0 Å². The summed E-state index contributed by atoms with van der Waals surface area (Å²) < 4.78 is 14.9. The van der Waals surface area contributed by atoms with Crippen LogP contribution >= 0.6 is 18.2 Å². The molecule has 0 saturated carbocycles. The second kappa shape index (κ2) is 4.12. The van der Waals surface area contributed by atoms with E-state index in [4.69, 9.17) is 4.89 Å². The number of hydrogen-bond donors (Lipinski definition) is 1. The van der Waals surface area contributed by atoms with E-state index in [2.05, 4.69) is 11.1 Å². The number of rotatable bonds is 4. The van der Waals surface area contributed by atoms with Crippen molar-refractivity contribution in [2.75, 3.05) is 12.9 Å². The molecule has 1 N–H and O–H groups in total. The molecule has 1 unspecified atom stereocenters. The SMILES string of the molecule is C=CCSP(=O)(O)OC. The predicted octanol–water partition coefficient (Wildman–Crippen LogP) is 1.65. The lowest BCUT2D eigenvalue weighted by atomic mass is 10.8. The van der Waals surface area contributed by atoms with E-state index >= 15 is 0 Å². The van der Waals surface area contributed by atoms with Crippen LogP contribution in [0.5, 0.6) is 0 Å². The van der Waals surface area contributed by atoms with Crippen molar-refractivity contribution in [1.29, 1.82) is 0 Å². The van der Waals surface area contributed by atoms with Crippen LogP contribution in [0.2, 0.25) is 0 Å². The highest BCUT2D eigenvalue weighted by molar-refractivity contribution is 8.54. The lowest BCUT2D eigenvalue weighted by Gasteiger charge is -2.03. The van der Waals surface area contributed by atoms with Crippen LogP contribution in [0.4, 0.5) is 0 Å². The van der Waals surface area contributed by atoms with Gasteiger partial charge >= 0.3 is 6.80 Å². The molecule has 0 fully saturated rings. The molecule has 0 amide bonds. The first-order chi connectivity index (χ1) is 4.12. The van der Waals surface area contributed by atoms with Crippen LogP contribution in [-0.2, 0) is 9.09 Å². The van der Waals surface area contributed by atoms with Gasteiger partial charge in [0.25, 0.3) is 0 Å². The van der Waals surface area contributed by atoms with E-state index in [9.17, 15) is 4.57 Å². The maximum Gasteiger partial charge on any atom is 0.386 e. The van der Waals surface area contributed by atoms with E-state index in [1.807, 2.05) is 0 Å². The van der Waals surface area contributed by atoms with Gasteiger partial charge in [0, 0.05) is 12.9 Å². The lowest BCUT2D eigenvalue weighted by Crippen LogP contribution is -1.77. The van der Waals surface area contributed by atoms with Gasteiger partial charge in [0.05, 0.1) is 0 Å². The molecular weight excluding hydrogens is 159 g/mol. The van der Waals surface area contributed by atoms with Crippen LogP contribution in [-0.4, -0.2) is 17.8 Å². The van der Waals surface area contributed by atoms with Gasteiger partial charge in [0.1, 0.15) is 0 Å². The Morgan fingerprint density at radius 2 is 2.56 bits per heavy atom. The molecule has 0 rings (SSSR count). The smallest absolute Gasteiger partial charge is 0.316 e. The van der Waals surface area contributed by atoms with Gasteiger partial charge in [-0.25, -0.2) is 4.57 Å². The summed E-state index contributed by atoms with van der Waals surface area (Å²) in [6.45, 7) is 0.0449. The van der Waals surface area contributed by atoms with Gasteiger partial charge in [-0.05, 0) is 11.4 Å². The lowest BCUT2D eigenvalue weighted by molar-refractivity contribution is 0.336. The molecule has 0 radical (unpaired) electrons. The Labute approximate surface area is 58.4 Å². The van der Waals surface area contributed by atoms with Gasteiger partial charge < -0.3 is 9.42 Å². The minimum atomic E-state index is -3.34. The van der Waals surface area contributed by atoms with Crippen molar-refractivity contribution < 1.29 is 14.0 Å². The Bertz CT molecular complexity index is 136. The van der Waals surface area contributed by atoms with Crippen molar-refractivity contribution in [2.24, 2.45) is 0 Å². The maximum atomic E-state index is 10.6. The normalized spacial score (nSPS) is 16.7. The van der Waals surface area contributed by atoms with Crippen molar-refractivity contribution in [2.45, 2.75) is 0 Å². The molecular formula is C4H9O3PS. The Morgan fingerprint density at radius 3 is 2.89 bits per heavy atom. The van der Waals surface area contributed by atoms with Crippen LogP contribution in [0.25, 0.3) is 0 Å². The van der Waals surface area contributed by atoms with E-state index in [0.29, 0.717) is 5.75 Å². The van der Waals surface area contributed by atoms with Crippen LogP contribution in [0.15, 0.2) is 12.7 Å². The first-order valence-corrected chi connectivity index (χ1v) is 5.43. The van der Waals surface area contributed by atoms with Gasteiger partial charge in [-0.1, -0.05) is 6.08 Å². The summed E-state index contributed by atoms with van der Waals surface area (Å²) in [6, 6.07) is 0. The second-order valence-corrected chi connectivity index (χ2v) is 5.29. The fraction of sp³-hybridized carbons (Fsp3) is 0.500. The zero-order valence-corrected chi connectivity index (χ0v) is 6.82. The van der Waals surface area contributed by atoms with Crippen molar-refractivity contribution >= 4 is 18.2 Å². The Hall–Kier alpha value is 0.240. The van der Waals surface area contributed by atoms with E-state index < -0.39 is 6.80 Å². The van der Waals surface area contributed by atoms with Crippen molar-refractivity contribution in [3.63, 3.8) is 0 Å². The van der Waals surface area contributed by atoms with Crippen LogP contribution in [0.1, 0.15) is 0 Å². The number of hydrogen-bond acceptors (Lipinski definition) is 3. The molecule has 0 aliphatic rings. The minimum Gasteiger partial charge on any atom is -0.316 e. The minimum absolute atomic E-state index is 0.432. The molecule has 5 heteroatoms. The first kappa shape index (κ1) is 9.24. The van der Waals surface area contributed by atoms with Gasteiger partial charge in [-0.2, -0.15) is 0 Å². The van der Waals surface area contributed by atoms with E-state index in [-0.39, 0.29) is 0 Å². The fourth-order valence-electron chi connectivity index (χ4n) is 0.200. The summed E-state index contributed by atoms with van der Waals surface area (Å²) in [6.07, 6.45) is 1.55. The molecule has 0 aliphatic heterocycles. The summed E-state index contributed by atoms with van der Waals surface area (Å²) in [5, 5.41) is 0. The third kappa shape index (κ3) is 4.73. The largest absolute Gasteiger partial charge is 0.386 e. The van der Waals surface area contributed by atoms with Crippen LogP contribution < -0.4 is 0 Å². The molecule has 0 aromatic rings. The molecule has 0 heterocycles. The van der Waals surface area contributed by atoms with Crippen LogP contribution in [0, 0.1) is 0 Å². The summed E-state index contributed by atoms with van der Waals surface area (Å²) in [4.78, 5) is 8.70. The average molecular weight is 168 g/mol. The molecule has 0 spiro atoms. The Kier molecular flexibility index (Phi) is 4.23. The van der Waals surface area contributed by atoms with Gasteiger partial charge in [-0.15, -0.1) is 6.58 Å². The Balaban J connectivity index is 3.58. The molecule has 54 valence electrons. The molecule has 9 heavy (non-hydrogen) atoms. The first-order valence-electron chi connectivity index (χ1n) is 2.26. The molecule has 1 atom stereocenters. The highest BCUT2D eigenvalue weighted by Crippen LogP contribution is 2.54. The van der Waals surface area contributed by atoms with E-state index in [1.165, 1.54) is 7.11 Å². The summed E-state index contributed by atoms with van der Waals surface area (Å²) in [7, 11) is 1.21. The zero-order valence-electron chi connectivity index (χ0n) is 5.11. The molecule has 0 aliphatic carbocycles. The predicted molar refractivity (Wildman–Crippen MR) is 39.5 cm³/mol. The highest BCUT2D eigenvalue weighted by Gasteiger charge is 2.15. The van der Waals surface area contributed by atoms with E-state index in [0.717, 1.165) is 11.4 Å². The molecule has 0 aromatic heterocycles. The zero-order chi connectivity index (χ0) is 7.33. The third-order valence-electron chi connectivity index (χ3n) is 0.586. The monoisotopic (exact) mass is 168 g/mol. The van der Waals surface area contributed by atoms with Gasteiger partial charge in [0.2, 0.25) is 0 Å². The molecule has 0 saturated heterocycles. The topological polar surface area (TPSA) is 46.5 Å². The highest BCUT2D eigenvalue weighted by atomic mass is 32.7. The average Bonchev–Trinajstić information content (AvgIpc) is 1.84. The van der Waals surface area contributed by atoms with Crippen molar-refractivity contribution in [3.8, 4) is 0 Å². The van der Waals surface area contributed by atoms with E-state index in [1.54, 1.807) is 6.08 Å². The Morgan fingerprint density at radius 1 is 2.00 bits per heavy atom. The molecule has 0 aromatic carbocycles. The van der Waals surface area contributed by atoms with Gasteiger partial charge in [-0.3, -0.25) is 0 Å². The second-order valence-electron chi connectivity index (χ2n) is 1.24. The molecule has 3 nitrogen and oxygen atoms in total. The summed E-state index contributed by atoms with van der Waals surface area (Å²) in [5.41, 5.74) is 0. The van der Waals surface area contributed by atoms with Crippen molar-refractivity contribution in [3.05, 3.63) is 12.7 Å².